The van der Waals surface area contributed by atoms with Gasteiger partial charge in [0.05, 0.1) is 17.3 Å². The van der Waals surface area contributed by atoms with Crippen molar-refractivity contribution in [3.63, 3.8) is 0 Å². The highest BCUT2D eigenvalue weighted by molar-refractivity contribution is 6.69. The molecule has 0 spiro atoms. The van der Waals surface area contributed by atoms with Gasteiger partial charge in [-0.25, -0.2) is 0 Å². The Kier molecular flexibility index (Phi) is 3.64. The predicted octanol–water partition coefficient (Wildman–Crippen LogP) is 5.35. The van der Waals surface area contributed by atoms with E-state index >= 15 is 0 Å². The van der Waals surface area contributed by atoms with Crippen LogP contribution in [-0.2, 0) is 17.1 Å². The largest absolute Gasteiger partial charge is 0.489 e. The average molecular weight is 327 g/mol. The molecule has 0 radical (unpaired) electrons. The van der Waals surface area contributed by atoms with Gasteiger partial charge in [-0.3, -0.25) is 4.57 Å². The third-order valence-corrected chi connectivity index (χ3v) is 4.96. The van der Waals surface area contributed by atoms with E-state index in [0.29, 0.717) is 28.5 Å². The number of aryl methyl sites for hydroxylation is 1. The van der Waals surface area contributed by atoms with Gasteiger partial charge in [0, 0.05) is 5.39 Å². The minimum absolute atomic E-state index is 0.242. The Labute approximate surface area is 129 Å². The van der Waals surface area contributed by atoms with E-state index in [2.05, 4.69) is 0 Å². The molecule has 2 aromatic rings. The Balaban J connectivity index is 2.26. The van der Waals surface area contributed by atoms with E-state index < -0.39 is 20.7 Å². The van der Waals surface area contributed by atoms with Crippen molar-refractivity contribution in [1.82, 2.24) is 4.57 Å². The number of hydrogen-bond donors (Lipinski definition) is 0. The Bertz CT molecular complexity index is 700. The smallest absolute Gasteiger partial charge is 0.409 e. The van der Waals surface area contributed by atoms with E-state index in [-0.39, 0.29) is 5.52 Å². The standard InChI is InChI=1S/C16H20F3NOSi/c1-22(2,3)21-14-10-6-8-12-11-7-4-5-9-13(11)20(15(12)14)16(17,18)19/h4-5,7,9,14H,6,8,10H2,1-3H3. The summed E-state index contributed by atoms with van der Waals surface area (Å²) in [7, 11) is -1.92. The number of hydrogen-bond acceptors (Lipinski definition) is 1. The van der Waals surface area contributed by atoms with Crippen molar-refractivity contribution in [1.29, 1.82) is 0 Å². The number of alkyl halides is 3. The Morgan fingerprint density at radius 2 is 1.86 bits per heavy atom. The van der Waals surface area contributed by atoms with Crippen molar-refractivity contribution in [3.05, 3.63) is 35.5 Å². The number of fused-ring (bicyclic) bond motifs is 3. The molecule has 6 heteroatoms. The molecule has 0 saturated carbocycles. The van der Waals surface area contributed by atoms with E-state index in [0.717, 1.165) is 12.0 Å². The topological polar surface area (TPSA) is 14.2 Å². The van der Waals surface area contributed by atoms with Crippen LogP contribution in [0.15, 0.2) is 24.3 Å². The minimum atomic E-state index is -4.43. The van der Waals surface area contributed by atoms with Gasteiger partial charge in [-0.1, -0.05) is 18.2 Å². The molecule has 1 aromatic carbocycles. The van der Waals surface area contributed by atoms with Crippen molar-refractivity contribution in [2.24, 2.45) is 0 Å². The molecule has 1 unspecified atom stereocenters. The molecule has 1 aliphatic rings. The minimum Gasteiger partial charge on any atom is -0.409 e. The first kappa shape index (κ1) is 15.6. The highest BCUT2D eigenvalue weighted by Gasteiger charge is 2.41. The summed E-state index contributed by atoms with van der Waals surface area (Å²) in [4.78, 5) is 0. The van der Waals surface area contributed by atoms with Crippen LogP contribution in [0.5, 0.6) is 0 Å². The fourth-order valence-electron chi connectivity index (χ4n) is 3.34. The van der Waals surface area contributed by atoms with Gasteiger partial charge in [-0.15, -0.1) is 13.2 Å². The molecule has 1 aliphatic carbocycles. The fraction of sp³-hybridized carbons (Fsp3) is 0.500. The third-order valence-electron chi connectivity index (χ3n) is 3.97. The summed E-state index contributed by atoms with van der Waals surface area (Å²) in [5, 5.41) is 0.707. The molecule has 0 aliphatic heterocycles. The Hall–Kier alpha value is -1.27. The fourth-order valence-corrected chi connectivity index (χ4v) is 4.43. The summed E-state index contributed by atoms with van der Waals surface area (Å²) >= 11 is 0. The van der Waals surface area contributed by atoms with Gasteiger partial charge in [-0.05, 0) is 50.5 Å². The molecule has 1 aromatic heterocycles. The van der Waals surface area contributed by atoms with Crippen molar-refractivity contribution < 1.29 is 17.6 Å². The van der Waals surface area contributed by atoms with Crippen molar-refractivity contribution in [2.75, 3.05) is 0 Å². The average Bonchev–Trinajstić information content (AvgIpc) is 2.72. The maximum absolute atomic E-state index is 13.7. The lowest BCUT2D eigenvalue weighted by Gasteiger charge is -2.31. The van der Waals surface area contributed by atoms with Gasteiger partial charge < -0.3 is 4.43 Å². The second-order valence-corrected chi connectivity index (χ2v) is 11.3. The van der Waals surface area contributed by atoms with Gasteiger partial charge in [0.25, 0.3) is 0 Å². The van der Waals surface area contributed by atoms with Crippen LogP contribution >= 0.6 is 0 Å². The van der Waals surface area contributed by atoms with Crippen LogP contribution in [0.25, 0.3) is 10.9 Å². The van der Waals surface area contributed by atoms with E-state index in [1.807, 2.05) is 19.6 Å². The number of para-hydroxylation sites is 1. The molecule has 0 saturated heterocycles. The zero-order chi connectivity index (χ0) is 16.1. The molecule has 0 amide bonds. The molecular weight excluding hydrogens is 307 g/mol. The molecule has 0 fully saturated rings. The zero-order valence-electron chi connectivity index (χ0n) is 13.0. The summed E-state index contributed by atoms with van der Waals surface area (Å²) in [5.74, 6) is 0. The maximum atomic E-state index is 13.7. The Morgan fingerprint density at radius 1 is 1.18 bits per heavy atom. The molecule has 2 nitrogen and oxygen atoms in total. The second-order valence-electron chi connectivity index (χ2n) is 6.80. The van der Waals surface area contributed by atoms with Crippen LogP contribution in [0.1, 0.15) is 30.2 Å². The summed E-state index contributed by atoms with van der Waals surface area (Å²) in [5.41, 5.74) is 1.37. The molecule has 1 atom stereocenters. The first-order valence-corrected chi connectivity index (χ1v) is 11.0. The van der Waals surface area contributed by atoms with Gasteiger partial charge in [0.1, 0.15) is 0 Å². The van der Waals surface area contributed by atoms with Crippen molar-refractivity contribution in [3.8, 4) is 0 Å². The normalized spacial score (nSPS) is 19.5. The zero-order valence-corrected chi connectivity index (χ0v) is 14.0. The maximum Gasteiger partial charge on any atom is 0.489 e. The first-order chi connectivity index (χ1) is 10.2. The highest BCUT2D eigenvalue weighted by Crippen LogP contribution is 2.44. The number of rotatable bonds is 2. The summed E-state index contributed by atoms with van der Waals surface area (Å²) < 4.78 is 47.6. The van der Waals surface area contributed by atoms with Crippen LogP contribution in [0.2, 0.25) is 19.6 Å². The van der Waals surface area contributed by atoms with Crippen LogP contribution in [-0.4, -0.2) is 12.9 Å². The first-order valence-electron chi connectivity index (χ1n) is 7.56. The van der Waals surface area contributed by atoms with Gasteiger partial charge in [0.2, 0.25) is 0 Å². The van der Waals surface area contributed by atoms with Crippen molar-refractivity contribution in [2.45, 2.75) is 51.3 Å². The molecule has 3 rings (SSSR count). The SMILES string of the molecule is C[Si](C)(C)OC1CCCc2c1n(C(F)(F)F)c1ccccc21. The lowest BCUT2D eigenvalue weighted by atomic mass is 9.93. The highest BCUT2D eigenvalue weighted by atomic mass is 28.4. The summed E-state index contributed by atoms with van der Waals surface area (Å²) in [6, 6.07) is 6.79. The van der Waals surface area contributed by atoms with Crippen LogP contribution < -0.4 is 0 Å². The Morgan fingerprint density at radius 3 is 2.50 bits per heavy atom. The lowest BCUT2D eigenvalue weighted by Crippen LogP contribution is -2.32. The summed E-state index contributed by atoms with van der Waals surface area (Å²) in [6.07, 6.45) is -2.67. The molecule has 0 bridgehead atoms. The van der Waals surface area contributed by atoms with Crippen LogP contribution in [0, 0.1) is 0 Å². The van der Waals surface area contributed by atoms with Gasteiger partial charge in [-0.2, -0.15) is 0 Å². The van der Waals surface area contributed by atoms with Crippen molar-refractivity contribution >= 4 is 19.2 Å². The van der Waals surface area contributed by atoms with E-state index in [4.69, 9.17) is 4.43 Å². The van der Waals surface area contributed by atoms with Gasteiger partial charge >= 0.3 is 6.30 Å². The number of nitrogens with zero attached hydrogens (tertiary/aromatic N) is 1. The van der Waals surface area contributed by atoms with Crippen LogP contribution in [0.3, 0.4) is 0 Å². The van der Waals surface area contributed by atoms with E-state index in [1.165, 1.54) is 0 Å². The van der Waals surface area contributed by atoms with Crippen LogP contribution in [0.4, 0.5) is 13.2 Å². The third kappa shape index (κ3) is 2.70. The quantitative estimate of drug-likeness (QED) is 0.679. The molecule has 0 N–H and O–H groups in total. The predicted molar refractivity (Wildman–Crippen MR) is 83.3 cm³/mol. The van der Waals surface area contributed by atoms with E-state index in [9.17, 15) is 13.2 Å². The van der Waals surface area contributed by atoms with Gasteiger partial charge in [0.15, 0.2) is 8.32 Å². The number of aromatic nitrogens is 1. The summed E-state index contributed by atoms with van der Waals surface area (Å²) in [6.45, 7) is 6.05. The molecule has 1 heterocycles. The van der Waals surface area contributed by atoms with E-state index in [1.54, 1.807) is 24.3 Å². The number of halogens is 3. The molecular formula is C16H20F3NOSi. The second kappa shape index (κ2) is 5.13. The molecule has 120 valence electrons. The number of benzene rings is 1. The lowest BCUT2D eigenvalue weighted by molar-refractivity contribution is -0.204. The molecule has 22 heavy (non-hydrogen) atoms. The monoisotopic (exact) mass is 327 g/mol.